The molecule has 1 unspecified atom stereocenters. The third-order valence-electron chi connectivity index (χ3n) is 2.93. The SMILES string of the molecule is CCNC(C)c1ccccc1Sc1ccoc1C. The van der Waals surface area contributed by atoms with E-state index in [2.05, 4.69) is 43.4 Å². The van der Waals surface area contributed by atoms with Crippen LogP contribution in [-0.2, 0) is 0 Å². The van der Waals surface area contributed by atoms with E-state index in [4.69, 9.17) is 4.42 Å². The molecular weight excluding hydrogens is 242 g/mol. The second-order valence-corrected chi connectivity index (χ2v) is 5.34. The van der Waals surface area contributed by atoms with E-state index in [9.17, 15) is 0 Å². The van der Waals surface area contributed by atoms with Gasteiger partial charge in [0.1, 0.15) is 5.76 Å². The van der Waals surface area contributed by atoms with Crippen LogP contribution < -0.4 is 5.32 Å². The van der Waals surface area contributed by atoms with Gasteiger partial charge in [-0.15, -0.1) is 0 Å². The number of benzene rings is 1. The van der Waals surface area contributed by atoms with Crippen molar-refractivity contribution in [3.05, 3.63) is 47.9 Å². The Labute approximate surface area is 113 Å². The zero-order valence-corrected chi connectivity index (χ0v) is 11.9. The first kappa shape index (κ1) is 13.2. The first-order chi connectivity index (χ1) is 8.72. The van der Waals surface area contributed by atoms with Gasteiger partial charge in [0.2, 0.25) is 0 Å². The Morgan fingerprint density at radius 2 is 2.00 bits per heavy atom. The zero-order valence-electron chi connectivity index (χ0n) is 11.1. The first-order valence-corrected chi connectivity index (χ1v) is 7.08. The lowest BCUT2D eigenvalue weighted by Gasteiger charge is -2.16. The van der Waals surface area contributed by atoms with Crippen LogP contribution in [0.1, 0.15) is 31.2 Å². The Bertz CT molecular complexity index is 507. The van der Waals surface area contributed by atoms with Crippen molar-refractivity contribution in [1.82, 2.24) is 5.32 Å². The molecule has 2 nitrogen and oxygen atoms in total. The lowest BCUT2D eigenvalue weighted by molar-refractivity contribution is 0.527. The molecule has 0 aliphatic heterocycles. The predicted octanol–water partition coefficient (Wildman–Crippen LogP) is 4.41. The molecule has 2 rings (SSSR count). The van der Waals surface area contributed by atoms with E-state index in [1.165, 1.54) is 15.4 Å². The maximum absolute atomic E-state index is 5.35. The highest BCUT2D eigenvalue weighted by molar-refractivity contribution is 7.99. The van der Waals surface area contributed by atoms with Gasteiger partial charge in [-0.05, 0) is 38.1 Å². The van der Waals surface area contributed by atoms with Gasteiger partial charge in [0, 0.05) is 10.9 Å². The Kier molecular flexibility index (Phi) is 4.50. The summed E-state index contributed by atoms with van der Waals surface area (Å²) in [5, 5.41) is 3.46. The van der Waals surface area contributed by atoms with Crippen LogP contribution in [0.4, 0.5) is 0 Å². The smallest absolute Gasteiger partial charge is 0.114 e. The molecule has 1 aromatic carbocycles. The molecule has 0 fully saturated rings. The zero-order chi connectivity index (χ0) is 13.0. The van der Waals surface area contributed by atoms with E-state index in [0.29, 0.717) is 6.04 Å². The van der Waals surface area contributed by atoms with Gasteiger partial charge < -0.3 is 9.73 Å². The minimum Gasteiger partial charge on any atom is -0.468 e. The summed E-state index contributed by atoms with van der Waals surface area (Å²) in [6.45, 7) is 7.31. The highest BCUT2D eigenvalue weighted by Gasteiger charge is 2.11. The molecule has 3 heteroatoms. The summed E-state index contributed by atoms with van der Waals surface area (Å²) in [6, 6.07) is 10.9. The molecular formula is C15H19NOS. The van der Waals surface area contributed by atoms with Gasteiger partial charge in [-0.3, -0.25) is 0 Å². The van der Waals surface area contributed by atoms with Crippen molar-refractivity contribution in [2.75, 3.05) is 6.54 Å². The Balaban J connectivity index is 2.25. The van der Waals surface area contributed by atoms with Crippen molar-refractivity contribution in [2.45, 2.75) is 36.6 Å². The quantitative estimate of drug-likeness (QED) is 0.863. The van der Waals surface area contributed by atoms with E-state index in [0.717, 1.165) is 12.3 Å². The fourth-order valence-electron chi connectivity index (χ4n) is 1.95. The van der Waals surface area contributed by atoms with Crippen LogP contribution in [0.5, 0.6) is 0 Å². The normalized spacial score (nSPS) is 12.6. The summed E-state index contributed by atoms with van der Waals surface area (Å²) in [4.78, 5) is 2.47. The van der Waals surface area contributed by atoms with Crippen molar-refractivity contribution in [2.24, 2.45) is 0 Å². The number of furan rings is 1. The predicted molar refractivity (Wildman–Crippen MR) is 76.1 cm³/mol. The van der Waals surface area contributed by atoms with Crippen molar-refractivity contribution in [3.63, 3.8) is 0 Å². The van der Waals surface area contributed by atoms with Gasteiger partial charge in [-0.1, -0.05) is 36.9 Å². The van der Waals surface area contributed by atoms with Gasteiger partial charge in [-0.25, -0.2) is 0 Å². The molecule has 1 heterocycles. The van der Waals surface area contributed by atoms with Crippen LogP contribution in [0, 0.1) is 6.92 Å². The van der Waals surface area contributed by atoms with Crippen LogP contribution >= 0.6 is 11.8 Å². The molecule has 0 amide bonds. The van der Waals surface area contributed by atoms with E-state index < -0.39 is 0 Å². The van der Waals surface area contributed by atoms with Crippen molar-refractivity contribution < 1.29 is 4.42 Å². The molecule has 96 valence electrons. The van der Waals surface area contributed by atoms with E-state index in [1.54, 1.807) is 18.0 Å². The van der Waals surface area contributed by atoms with Gasteiger partial charge >= 0.3 is 0 Å². The van der Waals surface area contributed by atoms with Crippen molar-refractivity contribution in [3.8, 4) is 0 Å². The third kappa shape index (κ3) is 2.98. The standard InChI is InChI=1S/C15H19NOS/c1-4-16-11(2)13-7-5-6-8-15(13)18-14-9-10-17-12(14)3/h5-11,16H,4H2,1-3H3. The highest BCUT2D eigenvalue weighted by atomic mass is 32.2. The highest BCUT2D eigenvalue weighted by Crippen LogP contribution is 2.35. The minimum absolute atomic E-state index is 0.367. The molecule has 18 heavy (non-hydrogen) atoms. The van der Waals surface area contributed by atoms with Crippen LogP contribution in [-0.4, -0.2) is 6.54 Å². The van der Waals surface area contributed by atoms with Crippen LogP contribution in [0.15, 0.2) is 50.8 Å². The van der Waals surface area contributed by atoms with Crippen LogP contribution in [0.2, 0.25) is 0 Å². The van der Waals surface area contributed by atoms with E-state index in [-0.39, 0.29) is 0 Å². The number of nitrogens with one attached hydrogen (secondary N) is 1. The Morgan fingerprint density at radius 3 is 2.67 bits per heavy atom. The molecule has 0 bridgehead atoms. The first-order valence-electron chi connectivity index (χ1n) is 6.26. The largest absolute Gasteiger partial charge is 0.468 e. The molecule has 0 aliphatic rings. The van der Waals surface area contributed by atoms with Crippen molar-refractivity contribution in [1.29, 1.82) is 0 Å². The summed E-state index contributed by atoms with van der Waals surface area (Å²) in [6.07, 6.45) is 1.74. The van der Waals surface area contributed by atoms with Crippen molar-refractivity contribution >= 4 is 11.8 Å². The van der Waals surface area contributed by atoms with E-state index in [1.807, 2.05) is 13.0 Å². The second-order valence-electron chi connectivity index (χ2n) is 4.26. The van der Waals surface area contributed by atoms with E-state index >= 15 is 0 Å². The number of rotatable bonds is 5. The van der Waals surface area contributed by atoms with Gasteiger partial charge in [0.15, 0.2) is 0 Å². The topological polar surface area (TPSA) is 25.2 Å². The minimum atomic E-state index is 0.367. The Hall–Kier alpha value is -1.19. The summed E-state index contributed by atoms with van der Waals surface area (Å²) >= 11 is 1.77. The maximum Gasteiger partial charge on any atom is 0.114 e. The number of aryl methyl sites for hydroxylation is 1. The molecule has 1 N–H and O–H groups in total. The molecule has 0 saturated heterocycles. The summed E-state index contributed by atoms with van der Waals surface area (Å²) in [5.74, 6) is 0.978. The summed E-state index contributed by atoms with van der Waals surface area (Å²) in [7, 11) is 0. The van der Waals surface area contributed by atoms with Gasteiger partial charge in [-0.2, -0.15) is 0 Å². The maximum atomic E-state index is 5.35. The molecule has 1 atom stereocenters. The molecule has 0 saturated carbocycles. The summed E-state index contributed by atoms with van der Waals surface area (Å²) < 4.78 is 5.35. The average Bonchev–Trinajstić information content (AvgIpc) is 2.76. The molecule has 1 aromatic heterocycles. The molecule has 0 aliphatic carbocycles. The third-order valence-corrected chi connectivity index (χ3v) is 4.16. The fourth-order valence-corrected chi connectivity index (χ4v) is 3.01. The number of hydrogen-bond donors (Lipinski definition) is 1. The monoisotopic (exact) mass is 261 g/mol. The summed E-state index contributed by atoms with van der Waals surface area (Å²) in [5.41, 5.74) is 1.34. The number of hydrogen-bond acceptors (Lipinski definition) is 3. The average molecular weight is 261 g/mol. The molecule has 2 aromatic rings. The van der Waals surface area contributed by atoms with Crippen LogP contribution in [0.25, 0.3) is 0 Å². The lowest BCUT2D eigenvalue weighted by Crippen LogP contribution is -2.18. The molecule has 0 radical (unpaired) electrons. The molecule has 0 spiro atoms. The van der Waals surface area contributed by atoms with Crippen LogP contribution in [0.3, 0.4) is 0 Å². The fraction of sp³-hybridized carbons (Fsp3) is 0.333. The second kappa shape index (κ2) is 6.12. The van der Waals surface area contributed by atoms with Gasteiger partial charge in [0.25, 0.3) is 0 Å². The van der Waals surface area contributed by atoms with Gasteiger partial charge in [0.05, 0.1) is 11.2 Å². The Morgan fingerprint density at radius 1 is 1.22 bits per heavy atom. The lowest BCUT2D eigenvalue weighted by atomic mass is 10.1.